The van der Waals surface area contributed by atoms with E-state index in [1.165, 1.54) is 0 Å². The van der Waals surface area contributed by atoms with Crippen LogP contribution in [0.3, 0.4) is 0 Å². The van der Waals surface area contributed by atoms with Crippen molar-refractivity contribution in [3.8, 4) is 0 Å². The average Bonchev–Trinajstić information content (AvgIpc) is 2.34. The Morgan fingerprint density at radius 3 is 2.48 bits per heavy atom. The smallest absolute Gasteiger partial charge is 0.382 e. The van der Waals surface area contributed by atoms with Gasteiger partial charge in [-0.3, -0.25) is 4.79 Å². The van der Waals surface area contributed by atoms with E-state index in [1.807, 2.05) is 0 Å². The molecule has 6 nitrogen and oxygen atoms in total. The van der Waals surface area contributed by atoms with Crippen LogP contribution in [0.2, 0.25) is 5.02 Å². The molecule has 0 aliphatic carbocycles. The van der Waals surface area contributed by atoms with Crippen molar-refractivity contribution >= 4 is 27.5 Å². The number of aliphatic hydroxyl groups excluding tert-OH is 1. The van der Waals surface area contributed by atoms with Crippen LogP contribution < -0.4 is 10.5 Å². The zero-order valence-corrected chi connectivity index (χ0v) is 11.8. The Labute approximate surface area is 122 Å². The predicted octanol–water partition coefficient (Wildman–Crippen LogP) is 0.483. The van der Waals surface area contributed by atoms with E-state index in [1.54, 1.807) is 4.72 Å². The van der Waals surface area contributed by atoms with Crippen LogP contribution in [0, 0.1) is 0 Å². The Kier molecular flexibility index (Phi) is 5.20. The molecule has 0 spiro atoms. The van der Waals surface area contributed by atoms with E-state index in [0.717, 1.165) is 6.07 Å². The third-order valence-corrected chi connectivity index (χ3v) is 4.05. The molecule has 1 unspecified atom stereocenters. The van der Waals surface area contributed by atoms with Crippen molar-refractivity contribution < 1.29 is 31.5 Å². The van der Waals surface area contributed by atoms with Crippen LogP contribution in [-0.2, 0) is 21.0 Å². The molecule has 0 heterocycles. The molecule has 11 heteroatoms. The molecule has 0 saturated carbocycles. The number of hydrogen-bond donors (Lipinski definition) is 3. The Balaban J connectivity index is 3.17. The summed E-state index contributed by atoms with van der Waals surface area (Å²) in [6, 6.07) is 2.10. The second-order valence-electron chi connectivity index (χ2n) is 3.91. The maximum absolute atomic E-state index is 12.8. The maximum atomic E-state index is 12.8. The minimum Gasteiger partial charge on any atom is -0.382 e. The third kappa shape index (κ3) is 4.56. The molecule has 0 radical (unpaired) electrons. The second kappa shape index (κ2) is 6.18. The fraction of sp³-hybridized carbons (Fsp3) is 0.300. The highest BCUT2D eigenvalue weighted by Crippen LogP contribution is 2.35. The first-order valence-corrected chi connectivity index (χ1v) is 7.15. The van der Waals surface area contributed by atoms with Crippen LogP contribution in [0.15, 0.2) is 23.1 Å². The number of nitrogens with two attached hydrogens (primary N) is 1. The molecule has 0 saturated heterocycles. The van der Waals surface area contributed by atoms with Crippen molar-refractivity contribution in [3.05, 3.63) is 28.8 Å². The molecular weight excluding hydrogens is 337 g/mol. The van der Waals surface area contributed by atoms with Gasteiger partial charge in [-0.05, 0) is 18.2 Å². The van der Waals surface area contributed by atoms with Gasteiger partial charge >= 0.3 is 6.18 Å². The molecule has 0 aliphatic heterocycles. The van der Waals surface area contributed by atoms with Gasteiger partial charge in [0, 0.05) is 11.6 Å². The lowest BCUT2D eigenvalue weighted by Crippen LogP contribution is -2.40. The molecule has 0 bridgehead atoms. The Bertz CT molecular complexity index is 648. The summed E-state index contributed by atoms with van der Waals surface area (Å²) in [6.45, 7) is -0.850. The van der Waals surface area contributed by atoms with Crippen LogP contribution in [0.25, 0.3) is 0 Å². The van der Waals surface area contributed by atoms with Gasteiger partial charge in [0.25, 0.3) is 0 Å². The van der Waals surface area contributed by atoms with Crippen molar-refractivity contribution in [1.82, 2.24) is 4.72 Å². The van der Waals surface area contributed by atoms with Gasteiger partial charge in [-0.15, -0.1) is 0 Å². The van der Waals surface area contributed by atoms with E-state index in [2.05, 4.69) is 0 Å². The van der Waals surface area contributed by atoms with E-state index in [9.17, 15) is 26.4 Å². The number of rotatable bonds is 5. The Hall–Kier alpha value is -1.36. The molecule has 1 aromatic rings. The first kappa shape index (κ1) is 17.7. The van der Waals surface area contributed by atoms with E-state index in [4.69, 9.17) is 22.4 Å². The third-order valence-electron chi connectivity index (χ3n) is 2.33. The number of aliphatic hydroxyl groups is 1. The van der Waals surface area contributed by atoms with Crippen LogP contribution in [0.4, 0.5) is 13.2 Å². The largest absolute Gasteiger partial charge is 0.417 e. The van der Waals surface area contributed by atoms with Crippen molar-refractivity contribution in [2.24, 2.45) is 5.73 Å². The number of benzene rings is 1. The number of amides is 1. The molecule has 4 N–H and O–H groups in total. The first-order chi connectivity index (χ1) is 9.45. The quantitative estimate of drug-likeness (QED) is 0.720. The van der Waals surface area contributed by atoms with Gasteiger partial charge in [0.1, 0.15) is 6.10 Å². The van der Waals surface area contributed by atoms with Crippen LogP contribution in [0.1, 0.15) is 5.56 Å². The SMILES string of the molecule is NC(=O)C(O)CNS(=O)(=O)c1ccc(Cl)cc1C(F)(F)F. The zero-order chi connectivity index (χ0) is 16.4. The highest BCUT2D eigenvalue weighted by molar-refractivity contribution is 7.89. The normalized spacial score (nSPS) is 14.0. The second-order valence-corrected chi connectivity index (χ2v) is 6.08. The van der Waals surface area contributed by atoms with Crippen LogP contribution >= 0.6 is 11.6 Å². The molecule has 1 atom stereocenters. The summed E-state index contributed by atoms with van der Waals surface area (Å²) >= 11 is 5.43. The van der Waals surface area contributed by atoms with E-state index in [-0.39, 0.29) is 5.02 Å². The molecular formula is C10H10ClF3N2O4S. The van der Waals surface area contributed by atoms with E-state index in [0.29, 0.717) is 12.1 Å². The van der Waals surface area contributed by atoms with Crippen molar-refractivity contribution in [1.29, 1.82) is 0 Å². The Morgan fingerprint density at radius 1 is 1.43 bits per heavy atom. The number of alkyl halides is 3. The monoisotopic (exact) mass is 346 g/mol. The topological polar surface area (TPSA) is 109 Å². The number of sulfonamides is 1. The average molecular weight is 347 g/mol. The molecule has 0 aliphatic rings. The summed E-state index contributed by atoms with van der Waals surface area (Å²) in [5.74, 6) is -1.22. The minimum absolute atomic E-state index is 0.293. The summed E-state index contributed by atoms with van der Waals surface area (Å²) in [6.07, 6.45) is -6.81. The summed E-state index contributed by atoms with van der Waals surface area (Å²) in [5, 5.41) is 8.77. The highest BCUT2D eigenvalue weighted by atomic mass is 35.5. The summed E-state index contributed by atoms with van der Waals surface area (Å²) in [5.41, 5.74) is 3.24. The molecule has 1 rings (SSSR count). The number of halogens is 4. The van der Waals surface area contributed by atoms with Crippen molar-refractivity contribution in [2.75, 3.05) is 6.54 Å². The van der Waals surface area contributed by atoms with Crippen LogP contribution in [-0.4, -0.2) is 32.1 Å². The number of carbonyl (C=O) groups is 1. The standard InChI is InChI=1S/C10H10ClF3N2O4S/c11-5-1-2-8(6(3-5)10(12,13)14)21(19,20)16-4-7(17)9(15)18/h1-3,7,16-17H,4H2,(H2,15,18). The maximum Gasteiger partial charge on any atom is 0.417 e. The zero-order valence-electron chi connectivity index (χ0n) is 10.2. The fourth-order valence-electron chi connectivity index (χ4n) is 1.33. The summed E-state index contributed by atoms with van der Waals surface area (Å²) in [7, 11) is -4.62. The fourth-order valence-corrected chi connectivity index (χ4v) is 2.74. The summed E-state index contributed by atoms with van der Waals surface area (Å²) in [4.78, 5) is 9.49. The molecule has 1 amide bonds. The van der Waals surface area contributed by atoms with E-state index >= 15 is 0 Å². The lowest BCUT2D eigenvalue weighted by atomic mass is 10.2. The van der Waals surface area contributed by atoms with Crippen molar-refractivity contribution in [3.63, 3.8) is 0 Å². The van der Waals surface area contributed by atoms with Gasteiger partial charge in [-0.1, -0.05) is 11.6 Å². The van der Waals surface area contributed by atoms with Crippen molar-refractivity contribution in [2.45, 2.75) is 17.2 Å². The lowest BCUT2D eigenvalue weighted by molar-refractivity contribution is -0.139. The van der Waals surface area contributed by atoms with Gasteiger partial charge in [-0.2, -0.15) is 13.2 Å². The Morgan fingerprint density at radius 2 is 2.00 bits per heavy atom. The number of primary amides is 1. The molecule has 0 fully saturated rings. The highest BCUT2D eigenvalue weighted by Gasteiger charge is 2.37. The summed E-state index contributed by atoms with van der Waals surface area (Å²) < 4.78 is 63.7. The predicted molar refractivity (Wildman–Crippen MR) is 66.8 cm³/mol. The number of hydrogen-bond acceptors (Lipinski definition) is 4. The molecule has 118 valence electrons. The van der Waals surface area contributed by atoms with Gasteiger partial charge in [-0.25, -0.2) is 13.1 Å². The molecule has 1 aromatic carbocycles. The minimum atomic E-state index is -4.95. The van der Waals surface area contributed by atoms with E-state index < -0.39 is 45.2 Å². The number of nitrogens with one attached hydrogen (secondary N) is 1. The van der Waals surface area contributed by atoms with Gasteiger partial charge in [0.2, 0.25) is 15.9 Å². The molecule has 21 heavy (non-hydrogen) atoms. The van der Waals surface area contributed by atoms with Gasteiger partial charge < -0.3 is 10.8 Å². The van der Waals surface area contributed by atoms with Crippen LogP contribution in [0.5, 0.6) is 0 Å². The molecule has 0 aromatic heterocycles. The first-order valence-electron chi connectivity index (χ1n) is 5.29. The van der Waals surface area contributed by atoms with Gasteiger partial charge in [0.15, 0.2) is 0 Å². The number of carbonyl (C=O) groups excluding carboxylic acids is 1. The van der Waals surface area contributed by atoms with Gasteiger partial charge in [0.05, 0.1) is 10.5 Å². The lowest BCUT2D eigenvalue weighted by Gasteiger charge is -2.15.